The lowest BCUT2D eigenvalue weighted by atomic mass is 9.77. The Labute approximate surface area is 340 Å². The third-order valence-corrected chi connectivity index (χ3v) is 23.5. The number of carbonyl (C=O) groups excluding carboxylic acids is 4. The van der Waals surface area contributed by atoms with Gasteiger partial charge in [0.15, 0.2) is 16.6 Å². The van der Waals surface area contributed by atoms with Gasteiger partial charge < -0.3 is 27.8 Å². The number of sulfonamides is 2. The normalized spacial score (nSPS) is 16.9. The third-order valence-electron chi connectivity index (χ3n) is 10.5. The van der Waals surface area contributed by atoms with Gasteiger partial charge >= 0.3 is 23.9 Å². The fraction of sp³-hybridized carbons (Fsp3) is 0.882. The van der Waals surface area contributed by atoms with E-state index >= 15 is 0 Å². The minimum absolute atomic E-state index is 0.00143. The first-order chi connectivity index (χ1) is 24.9. The van der Waals surface area contributed by atoms with Gasteiger partial charge in [0.05, 0.1) is 57.7 Å². The van der Waals surface area contributed by atoms with Crippen LogP contribution < -0.4 is 0 Å². The molecule has 0 spiro atoms. The molecule has 2 saturated heterocycles. The molecule has 2 aliphatic heterocycles. The van der Waals surface area contributed by atoms with Crippen molar-refractivity contribution in [3.8, 4) is 0 Å². The van der Waals surface area contributed by atoms with E-state index in [-0.39, 0.29) is 91.7 Å². The highest BCUT2D eigenvalue weighted by Crippen LogP contribution is 2.40. The summed E-state index contributed by atoms with van der Waals surface area (Å²) in [7, 11) is -5.61. The molecule has 2 aliphatic rings. The molecule has 21 heteroatoms. The van der Waals surface area contributed by atoms with Crippen molar-refractivity contribution in [1.82, 2.24) is 8.61 Å². The molecule has 2 fully saturated rings. The van der Waals surface area contributed by atoms with Gasteiger partial charge in [-0.2, -0.15) is 4.31 Å². The standard InChI is InChI=1S/C17H33NO7SSi.C13H27NO5SSi.C4H7BrO2/c1-16(2,3)27(6,7)25-10-11-26(21,22)18-12-17(13-18,15(20)24-5)9-8-14(19)23-4;1-13(2,3)21(5,6)19-7-8-20(16,17)14-9-11(10-14)12(15)18-4;1-7-4(6)2-3-5/h8-13H2,1-7H3;11H,7-10H2,1-6H3;2-3H2,1H3. The van der Waals surface area contributed by atoms with E-state index in [0.29, 0.717) is 11.8 Å². The van der Waals surface area contributed by atoms with Gasteiger partial charge in [0, 0.05) is 51.1 Å². The highest BCUT2D eigenvalue weighted by Gasteiger charge is 2.54. The monoisotopic (exact) mass is 926 g/mol. The van der Waals surface area contributed by atoms with Gasteiger partial charge in [-0.25, -0.2) is 21.1 Å². The molecule has 0 aliphatic carbocycles. The number of rotatable bonds is 17. The molecule has 0 aromatic heterocycles. The van der Waals surface area contributed by atoms with Crippen molar-refractivity contribution in [2.45, 2.75) is 97.1 Å². The van der Waals surface area contributed by atoms with Crippen molar-refractivity contribution in [3.63, 3.8) is 0 Å². The van der Waals surface area contributed by atoms with Gasteiger partial charge in [-0.05, 0) is 42.7 Å². The summed E-state index contributed by atoms with van der Waals surface area (Å²) in [6.07, 6.45) is 0.684. The second-order valence-corrected chi connectivity index (χ2v) is 31.1. The van der Waals surface area contributed by atoms with Crippen LogP contribution in [0.1, 0.15) is 60.8 Å². The van der Waals surface area contributed by atoms with Crippen molar-refractivity contribution in [2.75, 3.05) is 84.7 Å². The summed E-state index contributed by atoms with van der Waals surface area (Å²) in [6, 6.07) is 0. The first-order valence-corrected chi connectivity index (χ1v) is 28.2. The Kier molecular flexibility index (Phi) is 21.5. The maximum absolute atomic E-state index is 12.6. The van der Waals surface area contributed by atoms with Crippen LogP contribution in [0, 0.1) is 11.3 Å². The maximum Gasteiger partial charge on any atom is 0.314 e. The number of halogens is 1. The van der Waals surface area contributed by atoms with Crippen LogP contribution in [-0.4, -0.2) is 151 Å². The van der Waals surface area contributed by atoms with Gasteiger partial charge in [-0.3, -0.25) is 19.2 Å². The maximum atomic E-state index is 12.6. The van der Waals surface area contributed by atoms with Crippen LogP contribution >= 0.6 is 15.9 Å². The molecule has 2 rings (SSSR count). The topological polar surface area (TPSA) is 198 Å². The van der Waals surface area contributed by atoms with Crippen LogP contribution in [0.25, 0.3) is 0 Å². The van der Waals surface area contributed by atoms with Crippen LogP contribution in [0.2, 0.25) is 36.3 Å². The van der Waals surface area contributed by atoms with Crippen LogP contribution in [0.5, 0.6) is 0 Å². The van der Waals surface area contributed by atoms with E-state index < -0.39 is 54.0 Å². The molecule has 0 bridgehead atoms. The molecular formula is C34H67BrN2O14S2Si2. The Morgan fingerprint density at radius 1 is 0.673 bits per heavy atom. The van der Waals surface area contributed by atoms with Crippen LogP contribution in [-0.2, 0) is 67.0 Å². The Balaban J connectivity index is 0.000000922. The van der Waals surface area contributed by atoms with E-state index in [1.807, 2.05) is 0 Å². The van der Waals surface area contributed by atoms with E-state index in [2.05, 4.69) is 97.9 Å². The minimum Gasteiger partial charge on any atom is -0.469 e. The Hall–Kier alpha value is -1.47. The first-order valence-electron chi connectivity index (χ1n) is 18.0. The predicted octanol–water partition coefficient (Wildman–Crippen LogP) is 4.15. The molecule has 0 N–H and O–H groups in total. The summed E-state index contributed by atoms with van der Waals surface area (Å²) in [4.78, 5) is 44.9. The van der Waals surface area contributed by atoms with Gasteiger partial charge in [0.25, 0.3) is 0 Å². The summed E-state index contributed by atoms with van der Waals surface area (Å²) in [5.74, 6) is -1.96. The summed E-state index contributed by atoms with van der Waals surface area (Å²) in [5.41, 5.74) is -0.990. The molecule has 0 atom stereocenters. The Morgan fingerprint density at radius 3 is 1.40 bits per heavy atom. The zero-order valence-electron chi connectivity index (χ0n) is 35.4. The quantitative estimate of drug-likeness (QED) is 0.0873. The lowest BCUT2D eigenvalue weighted by molar-refractivity contribution is -0.162. The molecule has 0 unspecified atom stereocenters. The lowest BCUT2D eigenvalue weighted by Crippen LogP contribution is -2.63. The van der Waals surface area contributed by atoms with Crippen molar-refractivity contribution >= 4 is 76.5 Å². The van der Waals surface area contributed by atoms with Crippen LogP contribution in [0.3, 0.4) is 0 Å². The minimum atomic E-state index is -3.54. The van der Waals surface area contributed by atoms with Crippen molar-refractivity contribution < 1.29 is 63.8 Å². The average Bonchev–Trinajstić information content (AvgIpc) is 3.01. The highest BCUT2D eigenvalue weighted by molar-refractivity contribution is 9.09. The second-order valence-electron chi connectivity index (χ2n) is 16.5. The molecule has 55 heavy (non-hydrogen) atoms. The van der Waals surface area contributed by atoms with E-state index in [1.54, 1.807) is 0 Å². The number of esters is 4. The van der Waals surface area contributed by atoms with E-state index in [9.17, 15) is 36.0 Å². The number of hydrogen-bond acceptors (Lipinski definition) is 14. The van der Waals surface area contributed by atoms with Crippen molar-refractivity contribution in [2.24, 2.45) is 11.3 Å². The number of ether oxygens (including phenoxy) is 4. The Morgan fingerprint density at radius 2 is 1.07 bits per heavy atom. The van der Waals surface area contributed by atoms with Crippen molar-refractivity contribution in [1.29, 1.82) is 0 Å². The van der Waals surface area contributed by atoms with Gasteiger partial charge in [0.2, 0.25) is 20.0 Å². The fourth-order valence-corrected chi connectivity index (χ4v) is 10.0. The summed E-state index contributed by atoms with van der Waals surface area (Å²) < 4.78 is 82.1. The molecule has 324 valence electrons. The number of hydrogen-bond donors (Lipinski definition) is 0. The summed E-state index contributed by atoms with van der Waals surface area (Å²) >= 11 is 3.09. The van der Waals surface area contributed by atoms with Gasteiger partial charge in [0.1, 0.15) is 0 Å². The largest absolute Gasteiger partial charge is 0.469 e. The second kappa shape index (κ2) is 22.1. The zero-order valence-corrected chi connectivity index (χ0v) is 40.6. The first kappa shape index (κ1) is 53.5. The highest BCUT2D eigenvalue weighted by atomic mass is 79.9. The molecule has 0 amide bonds. The molecule has 0 aromatic rings. The van der Waals surface area contributed by atoms with Crippen LogP contribution in [0.4, 0.5) is 0 Å². The fourth-order valence-electron chi connectivity index (χ4n) is 4.53. The predicted molar refractivity (Wildman–Crippen MR) is 219 cm³/mol. The van der Waals surface area contributed by atoms with E-state index in [0.717, 1.165) is 0 Å². The smallest absolute Gasteiger partial charge is 0.314 e. The molecule has 0 radical (unpaired) electrons. The van der Waals surface area contributed by atoms with E-state index in [4.69, 9.17) is 13.6 Å². The zero-order chi connectivity index (χ0) is 43.3. The number of methoxy groups -OCH3 is 4. The van der Waals surface area contributed by atoms with Crippen molar-refractivity contribution in [3.05, 3.63) is 0 Å². The Bertz CT molecular complexity index is 1490. The lowest BCUT2D eigenvalue weighted by Gasteiger charge is -2.46. The molecule has 16 nitrogen and oxygen atoms in total. The molecular weight excluding hydrogens is 861 g/mol. The molecule has 2 heterocycles. The number of nitrogens with zero attached hydrogens (tertiary/aromatic N) is 2. The van der Waals surface area contributed by atoms with Crippen LogP contribution in [0.15, 0.2) is 0 Å². The SMILES string of the molecule is COC(=O)C1CN(S(=O)(=O)CCO[Si](C)(C)C(C)(C)C)C1.COC(=O)CCBr.COC(=O)CCC1(C(=O)OC)CN(S(=O)(=O)CCO[Si](C)(C)C(C)(C)C)C1. The van der Waals surface area contributed by atoms with E-state index in [1.165, 1.54) is 37.0 Å². The third kappa shape index (κ3) is 16.7. The summed E-state index contributed by atoms with van der Waals surface area (Å²) in [6.45, 7) is 21.7. The average molecular weight is 928 g/mol. The van der Waals surface area contributed by atoms with Gasteiger partial charge in [-0.1, -0.05) is 57.5 Å². The van der Waals surface area contributed by atoms with Gasteiger partial charge in [-0.15, -0.1) is 0 Å². The molecule has 0 saturated carbocycles. The molecule has 0 aromatic carbocycles. The number of carbonyl (C=O) groups is 4. The summed E-state index contributed by atoms with van der Waals surface area (Å²) in [5, 5.41) is 0.741. The number of alkyl halides is 1.